The summed E-state index contributed by atoms with van der Waals surface area (Å²) in [7, 11) is 0. The molecule has 11 heteroatoms. The number of aryl methyl sites for hydroxylation is 2. The number of nitrogens with zero attached hydrogens (tertiary/aromatic N) is 5. The summed E-state index contributed by atoms with van der Waals surface area (Å²) < 4.78 is 42.4. The van der Waals surface area contributed by atoms with Gasteiger partial charge in [0.05, 0.1) is 11.0 Å². The molecule has 2 aromatic rings. The van der Waals surface area contributed by atoms with Crippen LogP contribution in [0.1, 0.15) is 56.3 Å². The second-order valence-corrected chi connectivity index (χ2v) is 10.6. The molecule has 4 fully saturated rings. The van der Waals surface area contributed by atoms with Gasteiger partial charge in [-0.1, -0.05) is 0 Å². The van der Waals surface area contributed by atoms with Crippen molar-refractivity contribution in [1.82, 2.24) is 29.9 Å². The fraction of sp³-hybridized carbons (Fsp3) is 0.714. The Morgan fingerprint density at radius 2 is 1.97 bits per heavy atom. The fourth-order valence-electron chi connectivity index (χ4n) is 6.71. The second kappa shape index (κ2) is 7.56. The smallest absolute Gasteiger partial charge is 0.356 e. The van der Waals surface area contributed by atoms with Gasteiger partial charge in [-0.15, -0.1) is 5.10 Å². The quantitative estimate of drug-likeness (QED) is 0.589. The van der Waals surface area contributed by atoms with E-state index in [0.29, 0.717) is 41.8 Å². The fourth-order valence-corrected chi connectivity index (χ4v) is 6.98. The highest BCUT2D eigenvalue weighted by molar-refractivity contribution is 9.10. The number of carbonyl (C=O) groups is 1. The van der Waals surface area contributed by atoms with Crippen LogP contribution in [-0.4, -0.2) is 37.0 Å². The first kappa shape index (κ1) is 21.9. The van der Waals surface area contributed by atoms with E-state index in [2.05, 4.69) is 36.4 Å². The van der Waals surface area contributed by atoms with Gasteiger partial charge in [0.1, 0.15) is 6.33 Å². The van der Waals surface area contributed by atoms with Crippen molar-refractivity contribution in [3.05, 3.63) is 28.5 Å². The standard InChI is InChI=1S/C21H26BrF3N6O/c1-13-5-16(21(23,24)25)28-30(13)4-2-3-26-17(32)19-7-14-6-15(8-19)10-20(9-14,11-19)31-12-27-18(22)29-31/h5,12,14-15H,2-4,6-11H2,1H3,(H,26,32). The Labute approximate surface area is 192 Å². The van der Waals surface area contributed by atoms with Crippen LogP contribution in [0.2, 0.25) is 0 Å². The molecule has 4 saturated carbocycles. The molecule has 6 rings (SSSR count). The maximum atomic E-state index is 13.4. The highest BCUT2D eigenvalue weighted by atomic mass is 79.9. The molecule has 2 heterocycles. The van der Waals surface area contributed by atoms with Gasteiger partial charge in [-0.05, 0) is 85.7 Å². The maximum Gasteiger partial charge on any atom is 0.435 e. The van der Waals surface area contributed by atoms with Gasteiger partial charge in [-0.3, -0.25) is 9.48 Å². The van der Waals surface area contributed by atoms with Gasteiger partial charge < -0.3 is 5.32 Å². The number of rotatable bonds is 6. The van der Waals surface area contributed by atoms with Crippen molar-refractivity contribution >= 4 is 21.8 Å². The zero-order valence-corrected chi connectivity index (χ0v) is 19.4. The first-order valence-electron chi connectivity index (χ1n) is 11.1. The number of hydrogen-bond acceptors (Lipinski definition) is 4. The summed E-state index contributed by atoms with van der Waals surface area (Å²) in [5.41, 5.74) is -0.961. The van der Waals surface area contributed by atoms with E-state index in [0.717, 1.165) is 38.2 Å². The Morgan fingerprint density at radius 1 is 1.25 bits per heavy atom. The van der Waals surface area contributed by atoms with E-state index in [1.165, 1.54) is 11.1 Å². The maximum absolute atomic E-state index is 13.4. The number of nitrogens with one attached hydrogen (secondary N) is 1. The molecule has 32 heavy (non-hydrogen) atoms. The molecule has 0 aromatic carbocycles. The molecule has 2 atom stereocenters. The predicted octanol–water partition coefficient (Wildman–Crippen LogP) is 4.07. The van der Waals surface area contributed by atoms with E-state index in [9.17, 15) is 18.0 Å². The molecular weight excluding hydrogens is 489 g/mol. The number of amides is 1. The number of carbonyl (C=O) groups excluding carboxylic acids is 1. The van der Waals surface area contributed by atoms with Gasteiger partial charge >= 0.3 is 6.18 Å². The molecule has 0 aliphatic heterocycles. The Bertz CT molecular complexity index is 1020. The number of aromatic nitrogens is 5. The van der Waals surface area contributed by atoms with E-state index < -0.39 is 17.3 Å². The lowest BCUT2D eigenvalue weighted by molar-refractivity contribution is -0.156. The molecule has 174 valence electrons. The average Bonchev–Trinajstić information content (AvgIpc) is 3.30. The van der Waals surface area contributed by atoms with Gasteiger partial charge in [0.2, 0.25) is 10.6 Å². The molecule has 4 aliphatic carbocycles. The number of alkyl halides is 3. The average molecular weight is 515 g/mol. The summed E-state index contributed by atoms with van der Waals surface area (Å²) in [6, 6.07) is 1.05. The summed E-state index contributed by atoms with van der Waals surface area (Å²) >= 11 is 3.34. The topological polar surface area (TPSA) is 77.6 Å². The minimum Gasteiger partial charge on any atom is -0.356 e. The minimum absolute atomic E-state index is 0.0725. The van der Waals surface area contributed by atoms with Crippen LogP contribution in [0, 0.1) is 24.2 Å². The summed E-state index contributed by atoms with van der Waals surface area (Å²) in [5.74, 6) is 1.10. The van der Waals surface area contributed by atoms with Crippen LogP contribution in [-0.2, 0) is 23.1 Å². The molecule has 4 bridgehead atoms. The van der Waals surface area contributed by atoms with Crippen LogP contribution in [0.4, 0.5) is 13.2 Å². The van der Waals surface area contributed by atoms with Gasteiger partial charge in [0.25, 0.3) is 0 Å². The molecule has 2 aromatic heterocycles. The van der Waals surface area contributed by atoms with Crippen LogP contribution >= 0.6 is 15.9 Å². The molecule has 7 nitrogen and oxygen atoms in total. The van der Waals surface area contributed by atoms with Crippen molar-refractivity contribution in [2.75, 3.05) is 6.54 Å². The first-order chi connectivity index (χ1) is 15.1. The largest absolute Gasteiger partial charge is 0.435 e. The molecule has 1 N–H and O–H groups in total. The van der Waals surface area contributed by atoms with Crippen LogP contribution < -0.4 is 5.32 Å². The van der Waals surface area contributed by atoms with Crippen LogP contribution in [0.3, 0.4) is 0 Å². The van der Waals surface area contributed by atoms with Crippen molar-refractivity contribution in [2.45, 2.75) is 70.1 Å². The van der Waals surface area contributed by atoms with Crippen molar-refractivity contribution in [3.63, 3.8) is 0 Å². The number of halogens is 4. The summed E-state index contributed by atoms with van der Waals surface area (Å²) in [6.07, 6.45) is 3.66. The molecular formula is C21H26BrF3N6O. The highest BCUT2D eigenvalue weighted by Gasteiger charge is 2.61. The lowest BCUT2D eigenvalue weighted by Crippen LogP contribution is -2.61. The predicted molar refractivity (Wildman–Crippen MR) is 112 cm³/mol. The molecule has 0 radical (unpaired) electrons. The van der Waals surface area contributed by atoms with Crippen LogP contribution in [0.15, 0.2) is 17.1 Å². The first-order valence-corrected chi connectivity index (χ1v) is 11.9. The van der Waals surface area contributed by atoms with Gasteiger partial charge in [0, 0.05) is 18.8 Å². The molecule has 1 amide bonds. The van der Waals surface area contributed by atoms with Crippen LogP contribution in [0.5, 0.6) is 0 Å². The lowest BCUT2D eigenvalue weighted by Gasteiger charge is -2.60. The zero-order valence-electron chi connectivity index (χ0n) is 17.8. The van der Waals surface area contributed by atoms with Gasteiger partial charge in [0.15, 0.2) is 5.69 Å². The van der Waals surface area contributed by atoms with E-state index in [1.54, 1.807) is 13.3 Å². The highest BCUT2D eigenvalue weighted by Crippen LogP contribution is 2.64. The van der Waals surface area contributed by atoms with E-state index >= 15 is 0 Å². The Hall–Kier alpha value is -1.91. The third-order valence-corrected chi connectivity index (χ3v) is 7.93. The van der Waals surface area contributed by atoms with Gasteiger partial charge in [-0.25, -0.2) is 9.67 Å². The minimum atomic E-state index is -4.45. The Morgan fingerprint density at radius 3 is 2.56 bits per heavy atom. The summed E-state index contributed by atoms with van der Waals surface area (Å²) in [5, 5.41) is 11.3. The van der Waals surface area contributed by atoms with Crippen molar-refractivity contribution in [2.24, 2.45) is 17.3 Å². The molecule has 4 aliphatic rings. The monoisotopic (exact) mass is 514 g/mol. The second-order valence-electron chi connectivity index (χ2n) is 9.93. The SMILES string of the molecule is Cc1cc(C(F)(F)F)nn1CCCNC(=O)C12CC3CC(C1)CC(n1cnc(Br)n1)(C3)C2. The van der Waals surface area contributed by atoms with Crippen LogP contribution in [0.25, 0.3) is 0 Å². The third kappa shape index (κ3) is 3.76. The van der Waals surface area contributed by atoms with Crippen molar-refractivity contribution < 1.29 is 18.0 Å². The molecule has 0 spiro atoms. The van der Waals surface area contributed by atoms with Crippen molar-refractivity contribution in [3.8, 4) is 0 Å². The zero-order chi connectivity index (χ0) is 22.7. The van der Waals surface area contributed by atoms with E-state index in [4.69, 9.17) is 0 Å². The van der Waals surface area contributed by atoms with E-state index in [-0.39, 0.29) is 11.4 Å². The lowest BCUT2D eigenvalue weighted by atomic mass is 9.46. The normalized spacial score (nSPS) is 31.3. The number of hydrogen-bond donors (Lipinski definition) is 1. The Kier molecular flexibility index (Phi) is 5.18. The molecule has 2 unspecified atom stereocenters. The summed E-state index contributed by atoms with van der Waals surface area (Å²) in [4.78, 5) is 17.6. The van der Waals surface area contributed by atoms with E-state index in [1.807, 2.05) is 4.68 Å². The Balaban J connectivity index is 1.23. The van der Waals surface area contributed by atoms with Crippen molar-refractivity contribution in [1.29, 1.82) is 0 Å². The summed E-state index contributed by atoms with van der Waals surface area (Å²) in [6.45, 7) is 2.36. The van der Waals surface area contributed by atoms with Gasteiger partial charge in [-0.2, -0.15) is 18.3 Å². The third-order valence-electron chi connectivity index (χ3n) is 7.57. The molecule has 0 saturated heterocycles.